The Labute approximate surface area is 203 Å². The van der Waals surface area contributed by atoms with E-state index in [0.29, 0.717) is 67.1 Å². The standard InChI is InChI=1S/C19H23ClFN7O2.2H2S/c1-2-30-18-12-3-5-22-17(12)25-19(26-18)24-14-7-23-28(16(14)20)15-4-6-27(8-13(15)21)11-9-29-10-11;;/h3,5,7,11,13,15H,2,4,6,8-10H2,1H3,(H2,22,24,25,26);2*1H2/t13-,15-;;/m0../s1. The summed E-state index contributed by atoms with van der Waals surface area (Å²) in [5, 5.41) is 8.56. The molecule has 9 nitrogen and oxygen atoms in total. The molecule has 2 aliphatic heterocycles. The van der Waals surface area contributed by atoms with Gasteiger partial charge in [0.15, 0.2) is 5.15 Å². The molecule has 3 aromatic heterocycles. The van der Waals surface area contributed by atoms with Crippen LogP contribution >= 0.6 is 38.6 Å². The van der Waals surface area contributed by atoms with Crippen molar-refractivity contribution in [2.75, 3.05) is 38.2 Å². The second-order valence-electron chi connectivity index (χ2n) is 7.50. The smallest absolute Gasteiger partial charge is 0.232 e. The summed E-state index contributed by atoms with van der Waals surface area (Å²) in [5.41, 5.74) is 1.17. The summed E-state index contributed by atoms with van der Waals surface area (Å²) in [5.74, 6) is 0.803. The summed E-state index contributed by atoms with van der Waals surface area (Å²) in [4.78, 5) is 14.1. The number of piperidine rings is 1. The Kier molecular flexibility index (Phi) is 8.15. The molecule has 13 heteroatoms. The number of aromatic amines is 1. The Bertz CT molecular complexity index is 1050. The van der Waals surface area contributed by atoms with Crippen LogP contribution < -0.4 is 10.1 Å². The Morgan fingerprint density at radius 1 is 1.34 bits per heavy atom. The van der Waals surface area contributed by atoms with E-state index in [0.717, 1.165) is 11.9 Å². The highest BCUT2D eigenvalue weighted by Gasteiger charge is 2.37. The van der Waals surface area contributed by atoms with Crippen LogP contribution in [0.2, 0.25) is 5.15 Å². The molecule has 0 spiro atoms. The van der Waals surface area contributed by atoms with E-state index in [-0.39, 0.29) is 27.0 Å². The average molecular weight is 504 g/mol. The number of anilines is 2. The largest absolute Gasteiger partial charge is 0.477 e. The topological polar surface area (TPSA) is 93.1 Å². The maximum Gasteiger partial charge on any atom is 0.232 e. The monoisotopic (exact) mass is 503 g/mol. The molecule has 0 aromatic carbocycles. The van der Waals surface area contributed by atoms with Crippen LogP contribution in [0.15, 0.2) is 18.5 Å². The van der Waals surface area contributed by atoms with Crippen LogP contribution in [0.4, 0.5) is 16.0 Å². The molecule has 0 radical (unpaired) electrons. The van der Waals surface area contributed by atoms with Crippen LogP contribution in [0, 0.1) is 0 Å². The van der Waals surface area contributed by atoms with E-state index in [1.807, 2.05) is 13.0 Å². The van der Waals surface area contributed by atoms with E-state index in [9.17, 15) is 4.39 Å². The number of hydrogen-bond donors (Lipinski definition) is 2. The highest BCUT2D eigenvalue weighted by Crippen LogP contribution is 2.34. The van der Waals surface area contributed by atoms with Crippen LogP contribution in [-0.2, 0) is 4.74 Å². The van der Waals surface area contributed by atoms with E-state index in [1.54, 1.807) is 17.1 Å². The van der Waals surface area contributed by atoms with Gasteiger partial charge < -0.3 is 19.8 Å². The first-order valence-electron chi connectivity index (χ1n) is 10.1. The Morgan fingerprint density at radius 3 is 2.84 bits per heavy atom. The molecule has 2 aliphatic rings. The van der Waals surface area contributed by atoms with Crippen molar-refractivity contribution in [2.24, 2.45) is 0 Å². The molecule has 3 aromatic rings. The number of halogens is 2. The summed E-state index contributed by atoms with van der Waals surface area (Å²) < 4.78 is 27.3. The van der Waals surface area contributed by atoms with Crippen LogP contribution in [0.5, 0.6) is 5.88 Å². The number of rotatable bonds is 6. The van der Waals surface area contributed by atoms with Gasteiger partial charge in [-0.15, -0.1) is 0 Å². The molecule has 2 atom stereocenters. The van der Waals surface area contributed by atoms with Gasteiger partial charge in [0.05, 0.1) is 49.2 Å². The zero-order valence-corrected chi connectivity index (χ0v) is 20.3. The van der Waals surface area contributed by atoms with E-state index in [4.69, 9.17) is 21.1 Å². The molecule has 0 bridgehead atoms. The van der Waals surface area contributed by atoms with E-state index in [2.05, 4.69) is 30.3 Å². The van der Waals surface area contributed by atoms with Gasteiger partial charge >= 0.3 is 0 Å². The van der Waals surface area contributed by atoms with Crippen LogP contribution in [0.1, 0.15) is 19.4 Å². The van der Waals surface area contributed by atoms with Gasteiger partial charge in [0.2, 0.25) is 11.8 Å². The lowest BCUT2D eigenvalue weighted by atomic mass is 10.0. The van der Waals surface area contributed by atoms with Crippen molar-refractivity contribution >= 4 is 61.3 Å². The van der Waals surface area contributed by atoms with E-state index >= 15 is 0 Å². The molecule has 5 rings (SSSR count). The molecule has 2 fully saturated rings. The second-order valence-corrected chi connectivity index (χ2v) is 7.86. The van der Waals surface area contributed by atoms with Crippen LogP contribution in [0.25, 0.3) is 11.0 Å². The summed E-state index contributed by atoms with van der Waals surface area (Å²) in [6, 6.07) is 1.78. The lowest BCUT2D eigenvalue weighted by Gasteiger charge is -2.42. The zero-order valence-electron chi connectivity index (χ0n) is 17.5. The van der Waals surface area contributed by atoms with Gasteiger partial charge in [-0.05, 0) is 19.4 Å². The van der Waals surface area contributed by atoms with Crippen molar-refractivity contribution in [2.45, 2.75) is 31.6 Å². The third kappa shape index (κ3) is 4.65. The van der Waals surface area contributed by atoms with E-state index < -0.39 is 12.2 Å². The quantitative estimate of drug-likeness (QED) is 0.533. The Balaban J connectivity index is 0.00000144. The predicted molar refractivity (Wildman–Crippen MR) is 131 cm³/mol. The number of nitrogens with zero attached hydrogens (tertiary/aromatic N) is 5. The van der Waals surface area contributed by atoms with Gasteiger partial charge in [0.25, 0.3) is 0 Å². The van der Waals surface area contributed by atoms with Crippen molar-refractivity contribution in [1.82, 2.24) is 29.6 Å². The van der Waals surface area contributed by atoms with Crippen molar-refractivity contribution < 1.29 is 13.9 Å². The molecular formula is C19H27ClFN7O2S2. The van der Waals surface area contributed by atoms with Crippen LogP contribution in [-0.4, -0.2) is 74.8 Å². The summed E-state index contributed by atoms with van der Waals surface area (Å²) in [6.45, 7) is 4.90. The lowest BCUT2D eigenvalue weighted by Crippen LogP contribution is -2.55. The molecule has 0 saturated carbocycles. The zero-order chi connectivity index (χ0) is 20.7. The van der Waals surface area contributed by atoms with Gasteiger partial charge in [-0.1, -0.05) is 11.6 Å². The number of fused-ring (bicyclic) bond motifs is 1. The molecular weight excluding hydrogens is 477 g/mol. The predicted octanol–water partition coefficient (Wildman–Crippen LogP) is 3.16. The summed E-state index contributed by atoms with van der Waals surface area (Å²) >= 11 is 6.55. The molecule has 2 N–H and O–H groups in total. The Morgan fingerprint density at radius 2 is 2.16 bits per heavy atom. The second kappa shape index (κ2) is 10.5. The molecule has 2 saturated heterocycles. The van der Waals surface area contributed by atoms with Crippen molar-refractivity contribution in [1.29, 1.82) is 0 Å². The summed E-state index contributed by atoms with van der Waals surface area (Å²) in [6.07, 6.45) is 2.93. The maximum atomic E-state index is 14.9. The minimum absolute atomic E-state index is 0. The number of H-pyrrole nitrogens is 1. The Hall–Kier alpha value is -1.73. The third-order valence-electron chi connectivity index (χ3n) is 5.63. The molecule has 0 amide bonds. The number of nitrogens with one attached hydrogen (secondary N) is 2. The first kappa shape index (κ1) is 24.9. The molecule has 0 unspecified atom stereocenters. The number of alkyl halides is 1. The van der Waals surface area contributed by atoms with Gasteiger partial charge in [0, 0.05) is 19.3 Å². The fraction of sp³-hybridized carbons (Fsp3) is 0.526. The highest BCUT2D eigenvalue weighted by atomic mass is 35.5. The van der Waals surface area contributed by atoms with Gasteiger partial charge in [0.1, 0.15) is 11.8 Å². The number of aromatic nitrogens is 5. The molecule has 0 aliphatic carbocycles. The fourth-order valence-corrected chi connectivity index (χ4v) is 4.22. The SMILES string of the molecule is CCOc1nc(Nc2cnn([C@H]3CCN(C4COC4)C[C@@H]3F)c2Cl)nc2[nH]ccc12.S.S. The third-order valence-corrected chi connectivity index (χ3v) is 6.01. The molecule has 176 valence electrons. The molecule has 5 heterocycles. The first-order valence-corrected chi connectivity index (χ1v) is 10.5. The van der Waals surface area contributed by atoms with Gasteiger partial charge in [-0.25, -0.2) is 9.07 Å². The van der Waals surface area contributed by atoms with Crippen LogP contribution in [0.3, 0.4) is 0 Å². The minimum Gasteiger partial charge on any atom is -0.477 e. The summed E-state index contributed by atoms with van der Waals surface area (Å²) in [7, 11) is 0. The minimum atomic E-state index is -1.05. The van der Waals surface area contributed by atoms with Gasteiger partial charge in [-0.3, -0.25) is 4.90 Å². The highest BCUT2D eigenvalue weighted by molar-refractivity contribution is 7.59. The lowest BCUT2D eigenvalue weighted by molar-refractivity contribution is -0.0847. The van der Waals surface area contributed by atoms with Crippen molar-refractivity contribution in [3.05, 3.63) is 23.6 Å². The number of hydrogen-bond acceptors (Lipinski definition) is 7. The molecule has 32 heavy (non-hydrogen) atoms. The fourth-order valence-electron chi connectivity index (χ4n) is 3.96. The van der Waals surface area contributed by atoms with E-state index in [1.165, 1.54) is 0 Å². The number of ether oxygens (including phenoxy) is 2. The number of likely N-dealkylation sites (tertiary alicyclic amines) is 1. The normalized spacial score (nSPS) is 21.5. The average Bonchev–Trinajstić information content (AvgIpc) is 3.29. The van der Waals surface area contributed by atoms with Crippen molar-refractivity contribution in [3.63, 3.8) is 0 Å². The van der Waals surface area contributed by atoms with Gasteiger partial charge in [-0.2, -0.15) is 42.1 Å². The maximum absolute atomic E-state index is 14.9. The van der Waals surface area contributed by atoms with Crippen molar-refractivity contribution in [3.8, 4) is 5.88 Å². The first-order chi connectivity index (χ1) is 14.6.